The number of carbonyl (C=O) groups is 1. The summed E-state index contributed by atoms with van der Waals surface area (Å²) in [5, 5.41) is 23.1. The van der Waals surface area contributed by atoms with Gasteiger partial charge in [0.15, 0.2) is 5.82 Å². The van der Waals surface area contributed by atoms with Gasteiger partial charge in [0.2, 0.25) is 0 Å². The summed E-state index contributed by atoms with van der Waals surface area (Å²) in [7, 11) is 0. The quantitative estimate of drug-likeness (QED) is 0.663. The molecule has 0 aliphatic rings. The van der Waals surface area contributed by atoms with Crippen molar-refractivity contribution in [2.45, 2.75) is 13.0 Å². The molecular formula is C13H13N7O. The number of rotatable bonds is 4. The summed E-state index contributed by atoms with van der Waals surface area (Å²) in [6.07, 6.45) is 1.68. The maximum atomic E-state index is 12.1. The van der Waals surface area contributed by atoms with Crippen LogP contribution in [0.1, 0.15) is 29.1 Å². The van der Waals surface area contributed by atoms with Crippen LogP contribution in [0.4, 0.5) is 0 Å². The van der Waals surface area contributed by atoms with Crippen molar-refractivity contribution in [2.75, 3.05) is 0 Å². The molecule has 2 aromatic heterocycles. The molecule has 0 unspecified atom stereocenters. The molecule has 0 spiro atoms. The highest BCUT2D eigenvalue weighted by atomic mass is 16.1. The molecule has 3 rings (SSSR count). The van der Waals surface area contributed by atoms with Gasteiger partial charge in [0.05, 0.1) is 11.7 Å². The molecule has 2 heterocycles. The molecule has 0 saturated carbocycles. The van der Waals surface area contributed by atoms with E-state index >= 15 is 0 Å². The van der Waals surface area contributed by atoms with Gasteiger partial charge in [0.25, 0.3) is 5.91 Å². The summed E-state index contributed by atoms with van der Waals surface area (Å²) >= 11 is 0. The third-order valence-corrected chi connectivity index (χ3v) is 3.06. The molecule has 0 aliphatic heterocycles. The first-order chi connectivity index (χ1) is 10.2. The molecule has 3 aromatic rings. The monoisotopic (exact) mass is 283 g/mol. The Morgan fingerprint density at radius 1 is 1.24 bits per heavy atom. The van der Waals surface area contributed by atoms with Gasteiger partial charge < -0.3 is 5.32 Å². The Labute approximate surface area is 120 Å². The van der Waals surface area contributed by atoms with Crippen LogP contribution in [0.5, 0.6) is 0 Å². The second-order valence-electron chi connectivity index (χ2n) is 4.51. The van der Waals surface area contributed by atoms with E-state index in [4.69, 9.17) is 0 Å². The van der Waals surface area contributed by atoms with Crippen molar-refractivity contribution in [3.63, 3.8) is 0 Å². The minimum Gasteiger partial charge on any atom is -0.342 e. The second-order valence-corrected chi connectivity index (χ2v) is 4.51. The van der Waals surface area contributed by atoms with Gasteiger partial charge in [0, 0.05) is 11.8 Å². The number of carbonyl (C=O) groups excluding carboxylic acids is 1. The number of aromatic amines is 2. The maximum Gasteiger partial charge on any atom is 0.251 e. The lowest BCUT2D eigenvalue weighted by atomic mass is 10.1. The first-order valence-electron chi connectivity index (χ1n) is 6.38. The number of nitrogens with one attached hydrogen (secondary N) is 3. The second kappa shape index (κ2) is 5.53. The molecule has 0 radical (unpaired) electrons. The van der Waals surface area contributed by atoms with Crippen molar-refractivity contribution in [3.8, 4) is 11.3 Å². The maximum absolute atomic E-state index is 12.1. The van der Waals surface area contributed by atoms with E-state index in [0.29, 0.717) is 11.4 Å². The van der Waals surface area contributed by atoms with Crippen molar-refractivity contribution < 1.29 is 4.79 Å². The van der Waals surface area contributed by atoms with E-state index in [2.05, 4.69) is 36.1 Å². The summed E-state index contributed by atoms with van der Waals surface area (Å²) in [5.74, 6) is 0.251. The summed E-state index contributed by atoms with van der Waals surface area (Å²) < 4.78 is 0. The number of nitrogens with zero attached hydrogens (tertiary/aromatic N) is 4. The SMILES string of the molecule is C[C@@H](NC(=O)c1ccc(-c2ccn[nH]2)cc1)c1nn[nH]n1. The van der Waals surface area contributed by atoms with Crippen molar-refractivity contribution in [1.82, 2.24) is 36.1 Å². The van der Waals surface area contributed by atoms with E-state index in [-0.39, 0.29) is 11.9 Å². The predicted molar refractivity (Wildman–Crippen MR) is 74.1 cm³/mol. The van der Waals surface area contributed by atoms with E-state index in [1.165, 1.54) is 0 Å². The zero-order chi connectivity index (χ0) is 14.7. The molecule has 1 amide bonds. The highest BCUT2D eigenvalue weighted by molar-refractivity contribution is 5.94. The smallest absolute Gasteiger partial charge is 0.251 e. The van der Waals surface area contributed by atoms with Crippen LogP contribution < -0.4 is 5.32 Å². The molecule has 0 saturated heterocycles. The molecule has 8 nitrogen and oxygen atoms in total. The van der Waals surface area contributed by atoms with Gasteiger partial charge in [-0.15, -0.1) is 10.2 Å². The molecule has 21 heavy (non-hydrogen) atoms. The third-order valence-electron chi connectivity index (χ3n) is 3.06. The van der Waals surface area contributed by atoms with Gasteiger partial charge in [-0.2, -0.15) is 10.3 Å². The van der Waals surface area contributed by atoms with E-state index in [1.54, 1.807) is 25.3 Å². The molecule has 0 fully saturated rings. The fraction of sp³-hybridized carbons (Fsp3) is 0.154. The molecular weight excluding hydrogens is 270 g/mol. The summed E-state index contributed by atoms with van der Waals surface area (Å²) in [5.41, 5.74) is 2.44. The summed E-state index contributed by atoms with van der Waals surface area (Å²) in [6.45, 7) is 1.79. The van der Waals surface area contributed by atoms with Gasteiger partial charge in [-0.1, -0.05) is 17.3 Å². The normalized spacial score (nSPS) is 12.0. The molecule has 8 heteroatoms. The van der Waals surface area contributed by atoms with Crippen molar-refractivity contribution in [3.05, 3.63) is 47.9 Å². The zero-order valence-corrected chi connectivity index (χ0v) is 11.2. The van der Waals surface area contributed by atoms with E-state index < -0.39 is 0 Å². The number of tetrazole rings is 1. The van der Waals surface area contributed by atoms with Crippen molar-refractivity contribution in [2.24, 2.45) is 0 Å². The average molecular weight is 283 g/mol. The Bertz CT molecular complexity index is 704. The van der Waals surface area contributed by atoms with Crippen LogP contribution in [-0.4, -0.2) is 36.7 Å². The van der Waals surface area contributed by atoms with Crippen LogP contribution in [0, 0.1) is 0 Å². The fourth-order valence-electron chi connectivity index (χ4n) is 1.92. The van der Waals surface area contributed by atoms with Gasteiger partial charge >= 0.3 is 0 Å². The largest absolute Gasteiger partial charge is 0.342 e. The highest BCUT2D eigenvalue weighted by Gasteiger charge is 2.14. The average Bonchev–Trinajstić information content (AvgIpc) is 3.20. The number of benzene rings is 1. The predicted octanol–water partition coefficient (Wildman–Crippen LogP) is 1.08. The molecule has 3 N–H and O–H groups in total. The van der Waals surface area contributed by atoms with Gasteiger partial charge in [0.1, 0.15) is 0 Å². The van der Waals surface area contributed by atoms with E-state index in [1.807, 2.05) is 18.2 Å². The van der Waals surface area contributed by atoms with Gasteiger partial charge in [-0.25, -0.2) is 0 Å². The Morgan fingerprint density at radius 3 is 2.67 bits per heavy atom. The Kier molecular flexibility index (Phi) is 3.42. The standard InChI is InChI=1S/C13H13N7O/c1-8(12-17-19-20-18-12)15-13(21)10-4-2-9(3-5-10)11-6-7-14-16-11/h2-8H,1H3,(H,14,16)(H,15,21)(H,17,18,19,20)/t8-/m1/s1. The van der Waals surface area contributed by atoms with Gasteiger partial charge in [-0.3, -0.25) is 9.89 Å². The van der Waals surface area contributed by atoms with Gasteiger partial charge in [-0.05, 0) is 30.7 Å². The molecule has 0 bridgehead atoms. The number of aromatic nitrogens is 6. The molecule has 0 aliphatic carbocycles. The zero-order valence-electron chi connectivity index (χ0n) is 11.2. The minimum absolute atomic E-state index is 0.191. The first kappa shape index (κ1) is 13.0. The topological polar surface area (TPSA) is 112 Å². The molecule has 106 valence electrons. The van der Waals surface area contributed by atoms with Crippen LogP contribution >= 0.6 is 0 Å². The lowest BCUT2D eigenvalue weighted by molar-refractivity contribution is 0.0938. The number of hydrogen-bond donors (Lipinski definition) is 3. The van der Waals surface area contributed by atoms with Crippen LogP contribution in [-0.2, 0) is 0 Å². The van der Waals surface area contributed by atoms with Crippen LogP contribution in [0.3, 0.4) is 0 Å². The Morgan fingerprint density at radius 2 is 2.05 bits per heavy atom. The summed E-state index contributed by atoms with van der Waals surface area (Å²) in [4.78, 5) is 12.1. The van der Waals surface area contributed by atoms with E-state index in [9.17, 15) is 4.79 Å². The minimum atomic E-state index is -0.316. The molecule has 1 atom stereocenters. The Hall–Kier alpha value is -3.03. The Balaban J connectivity index is 1.70. The number of hydrogen-bond acceptors (Lipinski definition) is 5. The number of H-pyrrole nitrogens is 2. The fourth-order valence-corrected chi connectivity index (χ4v) is 1.92. The van der Waals surface area contributed by atoms with Crippen LogP contribution in [0.2, 0.25) is 0 Å². The van der Waals surface area contributed by atoms with Crippen molar-refractivity contribution in [1.29, 1.82) is 0 Å². The lowest BCUT2D eigenvalue weighted by Gasteiger charge is -2.10. The van der Waals surface area contributed by atoms with E-state index in [0.717, 1.165) is 11.3 Å². The summed E-state index contributed by atoms with van der Waals surface area (Å²) in [6, 6.07) is 8.79. The highest BCUT2D eigenvalue weighted by Crippen LogP contribution is 2.17. The van der Waals surface area contributed by atoms with Crippen molar-refractivity contribution >= 4 is 5.91 Å². The lowest BCUT2D eigenvalue weighted by Crippen LogP contribution is -2.27. The molecule has 1 aromatic carbocycles. The number of amides is 1. The first-order valence-corrected chi connectivity index (χ1v) is 6.38. The van der Waals surface area contributed by atoms with Crippen LogP contribution in [0.25, 0.3) is 11.3 Å². The third kappa shape index (κ3) is 2.78. The van der Waals surface area contributed by atoms with Crippen LogP contribution in [0.15, 0.2) is 36.5 Å².